The first kappa shape index (κ1) is 17.8. The Hall–Kier alpha value is -3.22. The van der Waals surface area contributed by atoms with Crippen molar-refractivity contribution >= 4 is 28.2 Å². The average Bonchev–Trinajstić information content (AvgIpc) is 3.16. The summed E-state index contributed by atoms with van der Waals surface area (Å²) in [5, 5.41) is 20.2. The molecule has 3 heterocycles. The Labute approximate surface area is 169 Å². The molecule has 0 bridgehead atoms. The van der Waals surface area contributed by atoms with Gasteiger partial charge in [0.25, 0.3) is 0 Å². The summed E-state index contributed by atoms with van der Waals surface area (Å²) in [4.78, 5) is 18.1. The van der Waals surface area contributed by atoms with Crippen LogP contribution in [0.1, 0.15) is 18.2 Å². The van der Waals surface area contributed by atoms with E-state index < -0.39 is 0 Å². The highest BCUT2D eigenvalue weighted by Gasteiger charge is 2.28. The highest BCUT2D eigenvalue weighted by molar-refractivity contribution is 5.95. The van der Waals surface area contributed by atoms with Crippen LogP contribution in [0.3, 0.4) is 0 Å². The number of aromatic amines is 1. The summed E-state index contributed by atoms with van der Waals surface area (Å²) in [6.45, 7) is 6.38. The minimum atomic E-state index is 0.141. The lowest BCUT2D eigenvalue weighted by Crippen LogP contribution is -2.48. The molecular weight excluding hydrogens is 366 g/mol. The highest BCUT2D eigenvalue weighted by atomic mass is 16.3. The number of hydrogen-bond acceptors (Lipinski definition) is 5. The molecule has 2 aromatic carbocycles. The van der Waals surface area contributed by atoms with Gasteiger partial charge in [0.05, 0.1) is 12.2 Å². The van der Waals surface area contributed by atoms with Crippen LogP contribution in [-0.4, -0.2) is 58.8 Å². The second-order valence-electron chi connectivity index (χ2n) is 7.86. The molecule has 2 aliphatic rings. The van der Waals surface area contributed by atoms with Gasteiger partial charge in [0.15, 0.2) is 5.82 Å². The fraction of sp³-hybridized carbons (Fsp3) is 0.364. The number of phenolic OH excluding ortho intramolecular Hbond substituents is 1. The number of aromatic nitrogens is 2. The third kappa shape index (κ3) is 3.16. The number of carbonyl (C=O) groups is 1. The van der Waals surface area contributed by atoms with E-state index in [1.165, 1.54) is 5.56 Å². The van der Waals surface area contributed by atoms with Crippen molar-refractivity contribution in [1.29, 1.82) is 0 Å². The quantitative estimate of drug-likeness (QED) is 0.702. The maximum atomic E-state index is 11.6. The number of H-pyrrole nitrogens is 1. The smallest absolute Gasteiger partial charge is 0.219 e. The van der Waals surface area contributed by atoms with E-state index in [4.69, 9.17) is 0 Å². The van der Waals surface area contributed by atoms with E-state index in [0.717, 1.165) is 73.7 Å². The number of anilines is 2. The van der Waals surface area contributed by atoms with E-state index in [1.807, 2.05) is 35.2 Å². The van der Waals surface area contributed by atoms with Gasteiger partial charge >= 0.3 is 0 Å². The van der Waals surface area contributed by atoms with Crippen molar-refractivity contribution in [3.8, 4) is 5.75 Å². The molecule has 0 saturated carbocycles. The standard InChI is InChI=1S/C22H25N5O2/c1-15(28)25-8-10-26(11-9-25)22-19-6-7-27(14-20(19)23-24-22)21-13-17(29)12-16-4-2-3-5-18(16)21/h2-5,12-13,29H,6-11,14H2,1H3,(H,23,24). The van der Waals surface area contributed by atoms with E-state index in [-0.39, 0.29) is 11.7 Å². The van der Waals surface area contributed by atoms with Crippen molar-refractivity contribution < 1.29 is 9.90 Å². The van der Waals surface area contributed by atoms with E-state index in [9.17, 15) is 9.90 Å². The molecule has 1 aromatic heterocycles. The number of benzene rings is 2. The number of aromatic hydroxyl groups is 1. The van der Waals surface area contributed by atoms with Crippen LogP contribution in [0.15, 0.2) is 36.4 Å². The van der Waals surface area contributed by atoms with E-state index in [1.54, 1.807) is 6.92 Å². The third-order valence-corrected chi connectivity index (χ3v) is 6.10. The van der Waals surface area contributed by atoms with Gasteiger partial charge in [-0.15, -0.1) is 0 Å². The van der Waals surface area contributed by atoms with Crippen molar-refractivity contribution in [1.82, 2.24) is 15.1 Å². The summed E-state index contributed by atoms with van der Waals surface area (Å²) in [5.41, 5.74) is 3.46. The average molecular weight is 391 g/mol. The topological polar surface area (TPSA) is 75.7 Å². The van der Waals surface area contributed by atoms with Crippen LogP contribution in [0.4, 0.5) is 11.5 Å². The zero-order valence-corrected chi connectivity index (χ0v) is 16.6. The van der Waals surface area contributed by atoms with Gasteiger partial charge in [-0.25, -0.2) is 0 Å². The third-order valence-electron chi connectivity index (χ3n) is 6.10. The molecule has 5 rings (SSSR count). The van der Waals surface area contributed by atoms with Crippen LogP contribution in [0.2, 0.25) is 0 Å². The van der Waals surface area contributed by atoms with Gasteiger partial charge in [0.1, 0.15) is 5.75 Å². The molecule has 7 heteroatoms. The van der Waals surface area contributed by atoms with E-state index in [2.05, 4.69) is 26.1 Å². The van der Waals surface area contributed by atoms with Crippen LogP contribution in [0, 0.1) is 0 Å². The van der Waals surface area contributed by atoms with Crippen LogP contribution in [0.5, 0.6) is 5.75 Å². The molecule has 2 aliphatic heterocycles. The van der Waals surface area contributed by atoms with Crippen molar-refractivity contribution in [2.45, 2.75) is 19.9 Å². The fourth-order valence-corrected chi connectivity index (χ4v) is 4.54. The van der Waals surface area contributed by atoms with Gasteiger partial charge in [-0.05, 0) is 17.9 Å². The van der Waals surface area contributed by atoms with Gasteiger partial charge in [-0.3, -0.25) is 9.89 Å². The Morgan fingerprint density at radius 3 is 2.66 bits per heavy atom. The number of hydrogen-bond donors (Lipinski definition) is 2. The van der Waals surface area contributed by atoms with Crippen molar-refractivity contribution in [3.63, 3.8) is 0 Å². The molecule has 0 atom stereocenters. The van der Waals surface area contributed by atoms with Crippen molar-refractivity contribution in [3.05, 3.63) is 47.7 Å². The first-order chi connectivity index (χ1) is 14.1. The molecule has 1 amide bonds. The number of fused-ring (bicyclic) bond motifs is 2. The predicted octanol–water partition coefficient (Wildman–Crippen LogP) is 2.50. The number of phenols is 1. The van der Waals surface area contributed by atoms with E-state index in [0.29, 0.717) is 0 Å². The summed E-state index contributed by atoms with van der Waals surface area (Å²) >= 11 is 0. The molecule has 1 saturated heterocycles. The molecule has 0 unspecified atom stereocenters. The number of rotatable bonds is 2. The first-order valence-electron chi connectivity index (χ1n) is 10.1. The minimum absolute atomic E-state index is 0.141. The van der Waals surface area contributed by atoms with Gasteiger partial charge in [0.2, 0.25) is 5.91 Å². The molecule has 150 valence electrons. The molecule has 29 heavy (non-hydrogen) atoms. The maximum Gasteiger partial charge on any atom is 0.219 e. The first-order valence-corrected chi connectivity index (χ1v) is 10.1. The Morgan fingerprint density at radius 1 is 1.07 bits per heavy atom. The monoisotopic (exact) mass is 391 g/mol. The second kappa shape index (κ2) is 6.99. The zero-order chi connectivity index (χ0) is 20.0. The van der Waals surface area contributed by atoms with Crippen LogP contribution in [0.25, 0.3) is 10.8 Å². The highest BCUT2D eigenvalue weighted by Crippen LogP contribution is 2.35. The number of nitrogens with zero attached hydrogens (tertiary/aromatic N) is 4. The Morgan fingerprint density at radius 2 is 1.86 bits per heavy atom. The van der Waals surface area contributed by atoms with Gasteiger partial charge < -0.3 is 19.8 Å². The second-order valence-corrected chi connectivity index (χ2v) is 7.86. The molecule has 1 fully saturated rings. The molecule has 0 radical (unpaired) electrons. The van der Waals surface area contributed by atoms with Crippen molar-refractivity contribution in [2.75, 3.05) is 42.5 Å². The summed E-state index contributed by atoms with van der Waals surface area (Å²) < 4.78 is 0. The van der Waals surface area contributed by atoms with E-state index >= 15 is 0 Å². The Kier molecular flexibility index (Phi) is 4.30. The lowest BCUT2D eigenvalue weighted by molar-refractivity contribution is -0.129. The van der Waals surface area contributed by atoms with Crippen LogP contribution >= 0.6 is 0 Å². The number of carbonyl (C=O) groups excluding carboxylic acids is 1. The number of nitrogens with one attached hydrogen (secondary N) is 1. The molecule has 3 aromatic rings. The normalized spacial score (nSPS) is 16.9. The maximum absolute atomic E-state index is 11.6. The Bertz CT molecular complexity index is 1070. The summed E-state index contributed by atoms with van der Waals surface area (Å²) in [7, 11) is 0. The summed E-state index contributed by atoms with van der Waals surface area (Å²) in [5.74, 6) is 1.46. The SMILES string of the molecule is CC(=O)N1CCN(c2n[nH]c3c2CCN(c2cc(O)cc4ccccc24)C3)CC1. The van der Waals surface area contributed by atoms with Gasteiger partial charge in [-0.2, -0.15) is 5.10 Å². The van der Waals surface area contributed by atoms with Crippen LogP contribution < -0.4 is 9.80 Å². The largest absolute Gasteiger partial charge is 0.508 e. The lowest BCUT2D eigenvalue weighted by Gasteiger charge is -2.36. The summed E-state index contributed by atoms with van der Waals surface area (Å²) in [6.07, 6.45) is 0.901. The Balaban J connectivity index is 1.39. The number of piperazine rings is 1. The molecule has 0 aliphatic carbocycles. The minimum Gasteiger partial charge on any atom is -0.508 e. The molecule has 0 spiro atoms. The molecular formula is C22H25N5O2. The van der Waals surface area contributed by atoms with Gasteiger partial charge in [-0.1, -0.05) is 24.3 Å². The van der Waals surface area contributed by atoms with Crippen molar-refractivity contribution in [2.24, 2.45) is 0 Å². The zero-order valence-electron chi connectivity index (χ0n) is 16.6. The van der Waals surface area contributed by atoms with Gasteiger partial charge in [0, 0.05) is 62.4 Å². The lowest BCUT2D eigenvalue weighted by atomic mass is 10.0. The number of amides is 1. The fourth-order valence-electron chi connectivity index (χ4n) is 4.54. The molecule has 2 N–H and O–H groups in total. The predicted molar refractivity (Wildman–Crippen MR) is 113 cm³/mol. The molecule has 7 nitrogen and oxygen atoms in total. The van der Waals surface area contributed by atoms with Crippen LogP contribution in [-0.2, 0) is 17.8 Å². The summed E-state index contributed by atoms with van der Waals surface area (Å²) in [6, 6.07) is 11.8.